The minimum absolute atomic E-state index is 0.0298. The first-order valence-electron chi connectivity index (χ1n) is 13.8. The first kappa shape index (κ1) is 26.9. The second-order valence-corrected chi connectivity index (χ2v) is 10.1. The number of carbonyl (C=O) groups excluding carboxylic acids is 1. The standard InChI is InChI=1S/C31H41N3O3/c1-5-7-20-36-28-14-12-25(13-15-28)22(3)32-30(35)26-16-18-34(19-17-26)21-29-23(4)37-31(33-29)27-10-8-24(6-2)9-11-27/h8-15,22,26H,5-7,16-21H2,1-4H3,(H,32,35)/t22-/m0/s1. The molecule has 0 bridgehead atoms. The SMILES string of the molecule is CCCCOc1ccc([C@H](C)NC(=O)C2CCN(Cc3nc(-c4ccc(CC)cc4)oc3C)CC2)cc1. The van der Waals surface area contributed by atoms with Crippen molar-refractivity contribution < 1.29 is 13.9 Å². The lowest BCUT2D eigenvalue weighted by atomic mass is 9.95. The predicted octanol–water partition coefficient (Wildman–Crippen LogP) is 6.48. The van der Waals surface area contributed by atoms with Crippen LogP contribution in [0.2, 0.25) is 0 Å². The van der Waals surface area contributed by atoms with E-state index in [9.17, 15) is 4.79 Å². The summed E-state index contributed by atoms with van der Waals surface area (Å²) in [7, 11) is 0. The topological polar surface area (TPSA) is 67.6 Å². The number of piperidine rings is 1. The van der Waals surface area contributed by atoms with Gasteiger partial charge in [0, 0.05) is 18.0 Å². The molecule has 0 spiro atoms. The van der Waals surface area contributed by atoms with Crippen molar-refractivity contribution in [1.29, 1.82) is 0 Å². The van der Waals surface area contributed by atoms with Crippen molar-refractivity contribution in [3.05, 3.63) is 71.1 Å². The van der Waals surface area contributed by atoms with E-state index >= 15 is 0 Å². The number of aromatic nitrogens is 1. The van der Waals surface area contributed by atoms with Gasteiger partial charge in [0.1, 0.15) is 11.5 Å². The lowest BCUT2D eigenvalue weighted by Crippen LogP contribution is -2.41. The summed E-state index contributed by atoms with van der Waals surface area (Å²) in [6.45, 7) is 11.6. The number of carbonyl (C=O) groups is 1. The molecule has 37 heavy (non-hydrogen) atoms. The zero-order valence-electron chi connectivity index (χ0n) is 22.8. The lowest BCUT2D eigenvalue weighted by Gasteiger charge is -2.31. The van der Waals surface area contributed by atoms with Crippen LogP contribution in [0.1, 0.15) is 75.1 Å². The summed E-state index contributed by atoms with van der Waals surface area (Å²) in [5.41, 5.74) is 4.39. The number of rotatable bonds is 11. The van der Waals surface area contributed by atoms with Gasteiger partial charge < -0.3 is 14.5 Å². The zero-order chi connectivity index (χ0) is 26.2. The summed E-state index contributed by atoms with van der Waals surface area (Å²) in [6, 6.07) is 16.4. The highest BCUT2D eigenvalue weighted by Crippen LogP contribution is 2.26. The number of aryl methyl sites for hydroxylation is 2. The van der Waals surface area contributed by atoms with Gasteiger partial charge in [-0.2, -0.15) is 0 Å². The maximum Gasteiger partial charge on any atom is 0.226 e. The van der Waals surface area contributed by atoms with Crippen molar-refractivity contribution in [2.24, 2.45) is 5.92 Å². The number of hydrogen-bond acceptors (Lipinski definition) is 5. The summed E-state index contributed by atoms with van der Waals surface area (Å²) < 4.78 is 11.7. The van der Waals surface area contributed by atoms with Crippen molar-refractivity contribution in [2.45, 2.75) is 72.4 Å². The van der Waals surface area contributed by atoms with Crippen LogP contribution in [-0.2, 0) is 17.8 Å². The molecule has 1 N–H and O–H groups in total. The van der Waals surface area contributed by atoms with Crippen molar-refractivity contribution >= 4 is 5.91 Å². The molecule has 1 fully saturated rings. The Morgan fingerprint density at radius 2 is 1.81 bits per heavy atom. The molecule has 0 saturated carbocycles. The molecule has 2 aromatic carbocycles. The van der Waals surface area contributed by atoms with Gasteiger partial charge in [-0.15, -0.1) is 0 Å². The molecule has 3 aromatic rings. The van der Waals surface area contributed by atoms with Gasteiger partial charge in [-0.05, 0) is 88.0 Å². The number of unbranched alkanes of at least 4 members (excludes halogenated alkanes) is 1. The molecule has 2 heterocycles. The zero-order valence-corrected chi connectivity index (χ0v) is 22.8. The Morgan fingerprint density at radius 1 is 1.11 bits per heavy atom. The fourth-order valence-corrected chi connectivity index (χ4v) is 4.75. The third-order valence-electron chi connectivity index (χ3n) is 7.34. The lowest BCUT2D eigenvalue weighted by molar-refractivity contribution is -0.127. The minimum Gasteiger partial charge on any atom is -0.494 e. The Kier molecular flexibility index (Phi) is 9.40. The Balaban J connectivity index is 1.25. The Morgan fingerprint density at radius 3 is 2.46 bits per heavy atom. The largest absolute Gasteiger partial charge is 0.494 e. The molecule has 0 unspecified atom stereocenters. The van der Waals surface area contributed by atoms with Crippen molar-refractivity contribution in [1.82, 2.24) is 15.2 Å². The Hall–Kier alpha value is -3.12. The average Bonchev–Trinajstić information content (AvgIpc) is 3.29. The van der Waals surface area contributed by atoms with Gasteiger partial charge in [0.15, 0.2) is 0 Å². The second kappa shape index (κ2) is 12.9. The summed E-state index contributed by atoms with van der Waals surface area (Å²) >= 11 is 0. The second-order valence-electron chi connectivity index (χ2n) is 10.1. The van der Waals surface area contributed by atoms with Crippen molar-refractivity contribution in [2.75, 3.05) is 19.7 Å². The minimum atomic E-state index is -0.0298. The molecule has 6 nitrogen and oxygen atoms in total. The van der Waals surface area contributed by atoms with Gasteiger partial charge in [-0.3, -0.25) is 9.69 Å². The van der Waals surface area contributed by atoms with E-state index in [0.717, 1.165) is 86.7 Å². The molecule has 6 heteroatoms. The Labute approximate surface area is 221 Å². The van der Waals surface area contributed by atoms with Crippen LogP contribution in [0.5, 0.6) is 5.75 Å². The van der Waals surface area contributed by atoms with Crippen molar-refractivity contribution in [3.8, 4) is 17.2 Å². The van der Waals surface area contributed by atoms with Crippen molar-refractivity contribution in [3.63, 3.8) is 0 Å². The number of amides is 1. The van der Waals surface area contributed by atoms with Gasteiger partial charge in [-0.25, -0.2) is 4.98 Å². The summed E-state index contributed by atoms with van der Waals surface area (Å²) in [6.07, 6.45) is 4.90. The molecular formula is C31H41N3O3. The van der Waals surface area contributed by atoms with Gasteiger partial charge >= 0.3 is 0 Å². The maximum absolute atomic E-state index is 13.0. The van der Waals surface area contributed by atoms with E-state index in [1.165, 1.54) is 5.56 Å². The van der Waals surface area contributed by atoms with E-state index in [-0.39, 0.29) is 17.9 Å². The van der Waals surface area contributed by atoms with Crippen LogP contribution in [0.4, 0.5) is 0 Å². The molecule has 1 saturated heterocycles. The molecule has 0 radical (unpaired) electrons. The molecule has 1 amide bonds. The van der Waals surface area contributed by atoms with Gasteiger partial charge in [0.25, 0.3) is 0 Å². The van der Waals surface area contributed by atoms with Crippen LogP contribution in [0, 0.1) is 12.8 Å². The van der Waals surface area contributed by atoms with Crippen LogP contribution in [0.3, 0.4) is 0 Å². The average molecular weight is 504 g/mol. The van der Waals surface area contributed by atoms with Gasteiger partial charge in [0.2, 0.25) is 11.8 Å². The number of ether oxygens (including phenoxy) is 1. The van der Waals surface area contributed by atoms with Crippen LogP contribution >= 0.6 is 0 Å². The van der Waals surface area contributed by atoms with E-state index in [2.05, 4.69) is 48.3 Å². The highest BCUT2D eigenvalue weighted by molar-refractivity contribution is 5.79. The predicted molar refractivity (Wildman–Crippen MR) is 147 cm³/mol. The number of hydrogen-bond donors (Lipinski definition) is 1. The molecule has 1 aliphatic heterocycles. The fourth-order valence-electron chi connectivity index (χ4n) is 4.75. The monoisotopic (exact) mass is 503 g/mol. The van der Waals surface area contributed by atoms with Crippen LogP contribution < -0.4 is 10.1 Å². The fraction of sp³-hybridized carbons (Fsp3) is 0.484. The highest BCUT2D eigenvalue weighted by Gasteiger charge is 2.27. The highest BCUT2D eigenvalue weighted by atomic mass is 16.5. The van der Waals surface area contributed by atoms with E-state index in [4.69, 9.17) is 14.1 Å². The van der Waals surface area contributed by atoms with Crippen LogP contribution in [0.15, 0.2) is 52.9 Å². The number of nitrogens with one attached hydrogen (secondary N) is 1. The summed E-state index contributed by atoms with van der Waals surface area (Å²) in [4.78, 5) is 20.1. The van der Waals surface area contributed by atoms with Gasteiger partial charge in [0.05, 0.1) is 18.3 Å². The molecule has 1 atom stereocenters. The third-order valence-corrected chi connectivity index (χ3v) is 7.34. The van der Waals surface area contributed by atoms with E-state index in [1.54, 1.807) is 0 Å². The molecule has 0 aliphatic carbocycles. The molecule has 198 valence electrons. The van der Waals surface area contributed by atoms with Crippen LogP contribution in [-0.4, -0.2) is 35.5 Å². The van der Waals surface area contributed by atoms with Gasteiger partial charge in [-0.1, -0.05) is 44.5 Å². The first-order valence-corrected chi connectivity index (χ1v) is 13.8. The van der Waals surface area contributed by atoms with Crippen LogP contribution in [0.25, 0.3) is 11.5 Å². The maximum atomic E-state index is 13.0. The number of likely N-dealkylation sites (tertiary alicyclic amines) is 1. The van der Waals surface area contributed by atoms with E-state index in [0.29, 0.717) is 5.89 Å². The smallest absolute Gasteiger partial charge is 0.226 e. The number of benzene rings is 2. The Bertz CT molecular complexity index is 1130. The van der Waals surface area contributed by atoms with E-state index in [1.807, 2.05) is 38.1 Å². The molecule has 1 aromatic heterocycles. The number of oxazole rings is 1. The molecule has 4 rings (SSSR count). The quantitative estimate of drug-likeness (QED) is 0.303. The third kappa shape index (κ3) is 7.22. The summed E-state index contributed by atoms with van der Waals surface area (Å²) in [5, 5.41) is 3.22. The van der Waals surface area contributed by atoms with E-state index < -0.39 is 0 Å². The normalized spacial score (nSPS) is 15.5. The molecular weight excluding hydrogens is 462 g/mol. The number of nitrogens with zero attached hydrogens (tertiary/aromatic N) is 2. The summed E-state index contributed by atoms with van der Waals surface area (Å²) in [5.74, 6) is 2.61. The molecule has 1 aliphatic rings. The first-order chi connectivity index (χ1) is 18.0.